The highest BCUT2D eigenvalue weighted by atomic mass is 16.3. The van der Waals surface area contributed by atoms with E-state index in [1.807, 2.05) is 12.1 Å². The van der Waals surface area contributed by atoms with E-state index < -0.39 is 5.91 Å². The summed E-state index contributed by atoms with van der Waals surface area (Å²) in [5, 5.41) is 0. The Kier molecular flexibility index (Phi) is 4.34. The average Bonchev–Trinajstić information content (AvgIpc) is 2.45. The first-order valence-electron chi connectivity index (χ1n) is 7.88. The van der Waals surface area contributed by atoms with Crippen LogP contribution < -0.4 is 5.73 Å². The fraction of sp³-hybridized carbons (Fsp3) is 0.400. The van der Waals surface area contributed by atoms with E-state index in [0.29, 0.717) is 5.56 Å². The summed E-state index contributed by atoms with van der Waals surface area (Å²) in [6.45, 7) is 12.8. The van der Waals surface area contributed by atoms with Gasteiger partial charge >= 0.3 is 11.5 Å². The minimum atomic E-state index is -0.412. The molecule has 0 bridgehead atoms. The molecule has 0 aliphatic heterocycles. The van der Waals surface area contributed by atoms with Gasteiger partial charge in [-0.05, 0) is 64.8 Å². The van der Waals surface area contributed by atoms with Crippen molar-refractivity contribution >= 4 is 5.91 Å². The molecule has 1 aromatic carbocycles. The Bertz CT molecular complexity index is 685. The van der Waals surface area contributed by atoms with Crippen molar-refractivity contribution in [2.24, 2.45) is 5.73 Å². The molecule has 0 aliphatic rings. The third-order valence-corrected chi connectivity index (χ3v) is 3.77. The fourth-order valence-corrected chi connectivity index (χ4v) is 2.23. The van der Waals surface area contributed by atoms with Gasteiger partial charge in [0, 0.05) is 17.7 Å². The van der Waals surface area contributed by atoms with Gasteiger partial charge in [-0.25, -0.2) is 4.42 Å². The number of rotatable bonds is 2. The van der Waals surface area contributed by atoms with Crippen molar-refractivity contribution in [2.75, 3.05) is 0 Å². The molecule has 0 unspecified atom stereocenters. The highest BCUT2D eigenvalue weighted by Gasteiger charge is 2.33. The van der Waals surface area contributed by atoms with Gasteiger partial charge in [0.2, 0.25) is 5.91 Å². The molecule has 23 heavy (non-hydrogen) atoms. The second kappa shape index (κ2) is 5.80. The maximum Gasteiger partial charge on any atom is 0.335 e. The first-order chi connectivity index (χ1) is 10.5. The Labute approximate surface area is 138 Å². The SMILES string of the molecule is CC(C)(C)c1cc(-c2ccc(C(N)=O)cc2)cc(C(C)(C)C)[o+]1. The van der Waals surface area contributed by atoms with Crippen LogP contribution >= 0.6 is 0 Å². The van der Waals surface area contributed by atoms with Crippen molar-refractivity contribution in [3.8, 4) is 11.1 Å². The second-order valence-electron chi connectivity index (χ2n) is 8.02. The average molecular weight is 312 g/mol. The molecule has 0 saturated carbocycles. The Hall–Kier alpha value is -2.16. The molecule has 1 heterocycles. The molecule has 2 aromatic rings. The lowest BCUT2D eigenvalue weighted by Gasteiger charge is -2.15. The summed E-state index contributed by atoms with van der Waals surface area (Å²) in [7, 11) is 0. The normalized spacial score (nSPS) is 12.3. The number of carbonyl (C=O) groups excluding carboxylic acids is 1. The van der Waals surface area contributed by atoms with E-state index in [1.54, 1.807) is 12.1 Å². The van der Waals surface area contributed by atoms with Gasteiger partial charge < -0.3 is 5.73 Å². The zero-order chi connectivity index (χ0) is 17.4. The summed E-state index contributed by atoms with van der Waals surface area (Å²) < 4.78 is 6.16. The predicted octanol–water partition coefficient (Wildman–Crippen LogP) is 4.92. The number of nitrogens with two attached hydrogens (primary N) is 1. The van der Waals surface area contributed by atoms with Gasteiger partial charge in [-0.15, -0.1) is 0 Å². The van der Waals surface area contributed by atoms with Crippen LogP contribution in [0, 0.1) is 0 Å². The van der Waals surface area contributed by atoms with Crippen molar-refractivity contribution in [1.82, 2.24) is 0 Å². The van der Waals surface area contributed by atoms with E-state index in [0.717, 1.165) is 22.6 Å². The number of hydrogen-bond donors (Lipinski definition) is 1. The van der Waals surface area contributed by atoms with Gasteiger partial charge in [-0.1, -0.05) is 12.1 Å². The lowest BCUT2D eigenvalue weighted by molar-refractivity contribution is 0.100. The van der Waals surface area contributed by atoms with Crippen LogP contribution in [0.2, 0.25) is 0 Å². The first-order valence-corrected chi connectivity index (χ1v) is 7.88. The Morgan fingerprint density at radius 3 is 1.61 bits per heavy atom. The van der Waals surface area contributed by atoms with E-state index in [1.165, 1.54) is 0 Å². The molecule has 1 amide bonds. The lowest BCUT2D eigenvalue weighted by Crippen LogP contribution is -2.16. The zero-order valence-corrected chi connectivity index (χ0v) is 14.9. The molecule has 2 rings (SSSR count). The van der Waals surface area contributed by atoms with Crippen molar-refractivity contribution < 1.29 is 9.21 Å². The largest absolute Gasteiger partial charge is 0.366 e. The van der Waals surface area contributed by atoms with E-state index in [-0.39, 0.29) is 10.8 Å². The molecule has 3 heteroatoms. The van der Waals surface area contributed by atoms with E-state index in [9.17, 15) is 4.79 Å². The van der Waals surface area contributed by atoms with Crippen LogP contribution in [-0.4, -0.2) is 5.91 Å². The highest BCUT2D eigenvalue weighted by Crippen LogP contribution is 2.33. The summed E-state index contributed by atoms with van der Waals surface area (Å²) in [6.07, 6.45) is 0. The minimum Gasteiger partial charge on any atom is -0.366 e. The van der Waals surface area contributed by atoms with Crippen molar-refractivity contribution in [3.63, 3.8) is 0 Å². The van der Waals surface area contributed by atoms with Gasteiger partial charge in [0.15, 0.2) is 0 Å². The summed E-state index contributed by atoms with van der Waals surface area (Å²) in [5.41, 5.74) is 7.79. The van der Waals surface area contributed by atoms with Crippen LogP contribution in [0.15, 0.2) is 40.8 Å². The second-order valence-corrected chi connectivity index (χ2v) is 8.02. The van der Waals surface area contributed by atoms with Crippen LogP contribution in [0.25, 0.3) is 11.1 Å². The number of carbonyl (C=O) groups is 1. The number of amides is 1. The van der Waals surface area contributed by atoms with Gasteiger partial charge in [0.1, 0.15) is 0 Å². The molecule has 0 fully saturated rings. The predicted molar refractivity (Wildman–Crippen MR) is 94.5 cm³/mol. The van der Waals surface area contributed by atoms with Crippen LogP contribution in [-0.2, 0) is 10.8 Å². The fourth-order valence-electron chi connectivity index (χ4n) is 2.23. The summed E-state index contributed by atoms with van der Waals surface area (Å²) in [6, 6.07) is 11.5. The molecule has 1 aromatic heterocycles. The Morgan fingerprint density at radius 2 is 1.26 bits per heavy atom. The minimum absolute atomic E-state index is 0.0802. The van der Waals surface area contributed by atoms with Gasteiger partial charge in [-0.3, -0.25) is 4.79 Å². The van der Waals surface area contributed by atoms with Crippen LogP contribution in [0.5, 0.6) is 0 Å². The standard InChI is InChI=1S/C20H25NO2/c1-19(2,3)16-11-15(12-17(23-16)20(4,5)6)13-7-9-14(10-8-13)18(21)22/h7-12H,1-6H3,(H-,21,22)/p+1. The maximum atomic E-state index is 11.2. The van der Waals surface area contributed by atoms with Gasteiger partial charge in [-0.2, -0.15) is 0 Å². The van der Waals surface area contributed by atoms with E-state index in [4.69, 9.17) is 10.2 Å². The molecular weight excluding hydrogens is 286 g/mol. The van der Waals surface area contributed by atoms with Crippen LogP contribution in [0.4, 0.5) is 0 Å². The first kappa shape index (κ1) is 17.2. The zero-order valence-electron chi connectivity index (χ0n) is 14.9. The molecule has 0 saturated heterocycles. The molecule has 3 nitrogen and oxygen atoms in total. The van der Waals surface area contributed by atoms with Gasteiger partial charge in [0.25, 0.3) is 0 Å². The molecule has 122 valence electrons. The van der Waals surface area contributed by atoms with E-state index in [2.05, 4.69) is 53.7 Å². The number of benzene rings is 1. The van der Waals surface area contributed by atoms with Crippen LogP contribution in [0.1, 0.15) is 63.4 Å². The lowest BCUT2D eigenvalue weighted by atomic mass is 9.87. The topological polar surface area (TPSA) is 54.4 Å². The molecule has 0 radical (unpaired) electrons. The molecule has 0 aliphatic carbocycles. The van der Waals surface area contributed by atoms with Crippen LogP contribution in [0.3, 0.4) is 0 Å². The molecular formula is C20H26NO2+. The highest BCUT2D eigenvalue weighted by molar-refractivity contribution is 5.93. The quantitative estimate of drug-likeness (QED) is 0.800. The molecule has 0 atom stereocenters. The monoisotopic (exact) mass is 312 g/mol. The maximum absolute atomic E-state index is 11.2. The summed E-state index contributed by atoms with van der Waals surface area (Å²) in [5.74, 6) is 1.48. The van der Waals surface area contributed by atoms with Crippen molar-refractivity contribution in [3.05, 3.63) is 53.5 Å². The van der Waals surface area contributed by atoms with Crippen molar-refractivity contribution in [2.45, 2.75) is 52.4 Å². The Morgan fingerprint density at radius 1 is 0.826 bits per heavy atom. The van der Waals surface area contributed by atoms with Gasteiger partial charge in [0.05, 0.1) is 10.8 Å². The third kappa shape index (κ3) is 3.98. The summed E-state index contributed by atoms with van der Waals surface area (Å²) in [4.78, 5) is 11.2. The Balaban J connectivity index is 2.59. The third-order valence-electron chi connectivity index (χ3n) is 3.77. The smallest absolute Gasteiger partial charge is 0.335 e. The molecule has 0 spiro atoms. The molecule has 2 N–H and O–H groups in total. The number of hydrogen-bond acceptors (Lipinski definition) is 1. The number of primary amides is 1. The van der Waals surface area contributed by atoms with Crippen molar-refractivity contribution in [1.29, 1.82) is 0 Å². The van der Waals surface area contributed by atoms with E-state index >= 15 is 0 Å². The summed E-state index contributed by atoms with van der Waals surface area (Å²) >= 11 is 0.